The molecular weight excluding hydrogens is 312 g/mol. The van der Waals surface area contributed by atoms with Crippen LogP contribution in [-0.4, -0.2) is 31.1 Å². The smallest absolute Gasteiger partial charge is 0.0332 e. The van der Waals surface area contributed by atoms with Gasteiger partial charge in [0.1, 0.15) is 0 Å². The SMILES string of the molecule is CCCNC(CCN1CCC(C)C1)c1ccc(Br)cc1. The molecule has 2 nitrogen and oxygen atoms in total. The number of benzene rings is 1. The Labute approximate surface area is 132 Å². The van der Waals surface area contributed by atoms with Crippen LogP contribution in [0.15, 0.2) is 28.7 Å². The van der Waals surface area contributed by atoms with Crippen molar-refractivity contribution in [2.75, 3.05) is 26.2 Å². The standard InChI is InChI=1S/C17H27BrN2/c1-3-10-19-17(15-4-6-16(18)7-5-15)9-12-20-11-8-14(2)13-20/h4-7,14,17,19H,3,8-13H2,1-2H3. The van der Waals surface area contributed by atoms with Crippen molar-refractivity contribution < 1.29 is 0 Å². The summed E-state index contributed by atoms with van der Waals surface area (Å²) in [6.07, 6.45) is 3.76. The van der Waals surface area contributed by atoms with Crippen LogP contribution in [0.25, 0.3) is 0 Å². The number of nitrogens with zero attached hydrogens (tertiary/aromatic N) is 1. The van der Waals surface area contributed by atoms with Crippen LogP contribution in [0.5, 0.6) is 0 Å². The van der Waals surface area contributed by atoms with E-state index in [1.165, 1.54) is 44.5 Å². The topological polar surface area (TPSA) is 15.3 Å². The Bertz CT molecular complexity index is 390. The van der Waals surface area contributed by atoms with E-state index in [1.54, 1.807) is 0 Å². The van der Waals surface area contributed by atoms with E-state index >= 15 is 0 Å². The highest BCUT2D eigenvalue weighted by molar-refractivity contribution is 9.10. The molecule has 1 aliphatic rings. The molecule has 20 heavy (non-hydrogen) atoms. The summed E-state index contributed by atoms with van der Waals surface area (Å²) in [4.78, 5) is 2.62. The van der Waals surface area contributed by atoms with Crippen LogP contribution in [0.4, 0.5) is 0 Å². The van der Waals surface area contributed by atoms with Gasteiger partial charge in [-0.15, -0.1) is 0 Å². The highest BCUT2D eigenvalue weighted by atomic mass is 79.9. The van der Waals surface area contributed by atoms with Crippen LogP contribution in [0, 0.1) is 5.92 Å². The van der Waals surface area contributed by atoms with E-state index in [2.05, 4.69) is 64.3 Å². The average molecular weight is 339 g/mol. The molecule has 3 heteroatoms. The van der Waals surface area contributed by atoms with Crippen LogP contribution in [-0.2, 0) is 0 Å². The zero-order valence-corrected chi connectivity index (χ0v) is 14.3. The summed E-state index contributed by atoms with van der Waals surface area (Å²) in [6, 6.07) is 9.26. The van der Waals surface area contributed by atoms with Crippen molar-refractivity contribution in [2.24, 2.45) is 5.92 Å². The predicted octanol–water partition coefficient (Wildman–Crippen LogP) is 4.22. The Morgan fingerprint density at radius 3 is 2.70 bits per heavy atom. The summed E-state index contributed by atoms with van der Waals surface area (Å²) in [7, 11) is 0. The first kappa shape index (κ1) is 16.0. The fraction of sp³-hybridized carbons (Fsp3) is 0.647. The fourth-order valence-electron chi connectivity index (χ4n) is 2.94. The van der Waals surface area contributed by atoms with Crippen molar-refractivity contribution in [1.29, 1.82) is 0 Å². The minimum absolute atomic E-state index is 0.485. The Balaban J connectivity index is 1.91. The molecule has 112 valence electrons. The molecule has 2 rings (SSSR count). The molecule has 0 amide bonds. The van der Waals surface area contributed by atoms with Gasteiger partial charge in [0.05, 0.1) is 0 Å². The van der Waals surface area contributed by atoms with Crippen molar-refractivity contribution in [2.45, 2.75) is 39.2 Å². The van der Waals surface area contributed by atoms with Gasteiger partial charge in [-0.1, -0.05) is 41.9 Å². The van der Waals surface area contributed by atoms with Gasteiger partial charge >= 0.3 is 0 Å². The van der Waals surface area contributed by atoms with E-state index in [1.807, 2.05) is 0 Å². The maximum Gasteiger partial charge on any atom is 0.0332 e. The third kappa shape index (κ3) is 4.87. The fourth-order valence-corrected chi connectivity index (χ4v) is 3.21. The monoisotopic (exact) mass is 338 g/mol. The summed E-state index contributed by atoms with van der Waals surface area (Å²) in [5, 5.41) is 3.70. The predicted molar refractivity (Wildman–Crippen MR) is 90.0 cm³/mol. The van der Waals surface area contributed by atoms with Crippen LogP contribution < -0.4 is 5.32 Å². The van der Waals surface area contributed by atoms with Crippen molar-refractivity contribution in [3.63, 3.8) is 0 Å². The van der Waals surface area contributed by atoms with E-state index in [0.717, 1.165) is 16.9 Å². The maximum absolute atomic E-state index is 3.70. The number of hydrogen-bond donors (Lipinski definition) is 1. The first-order valence-electron chi connectivity index (χ1n) is 7.90. The van der Waals surface area contributed by atoms with Crippen molar-refractivity contribution in [3.8, 4) is 0 Å². The molecule has 1 heterocycles. The second-order valence-corrected chi connectivity index (χ2v) is 6.96. The number of nitrogens with one attached hydrogen (secondary N) is 1. The minimum atomic E-state index is 0.485. The van der Waals surface area contributed by atoms with Crippen LogP contribution in [0.1, 0.15) is 44.7 Å². The Hall–Kier alpha value is -0.380. The third-order valence-corrected chi connectivity index (χ3v) is 4.68. The molecule has 1 fully saturated rings. The van der Waals surface area contributed by atoms with E-state index in [9.17, 15) is 0 Å². The molecule has 0 radical (unpaired) electrons. The zero-order chi connectivity index (χ0) is 14.4. The van der Waals surface area contributed by atoms with Gasteiger partial charge in [-0.05, 0) is 62.5 Å². The van der Waals surface area contributed by atoms with E-state index in [4.69, 9.17) is 0 Å². The summed E-state index contributed by atoms with van der Waals surface area (Å²) in [6.45, 7) is 9.46. The normalized spacial score (nSPS) is 21.2. The molecule has 1 aliphatic heterocycles. The molecule has 1 aromatic rings. The lowest BCUT2D eigenvalue weighted by atomic mass is 10.0. The largest absolute Gasteiger partial charge is 0.310 e. The Kier molecular flexibility index (Phi) is 6.53. The summed E-state index contributed by atoms with van der Waals surface area (Å²) in [5.41, 5.74) is 1.41. The van der Waals surface area contributed by atoms with Crippen LogP contribution in [0.3, 0.4) is 0 Å². The zero-order valence-electron chi connectivity index (χ0n) is 12.7. The van der Waals surface area contributed by atoms with E-state index in [0.29, 0.717) is 6.04 Å². The number of rotatable bonds is 7. The molecule has 0 bridgehead atoms. The molecule has 0 aromatic heterocycles. The number of likely N-dealkylation sites (tertiary alicyclic amines) is 1. The molecule has 0 saturated carbocycles. The molecule has 1 saturated heterocycles. The average Bonchev–Trinajstić information content (AvgIpc) is 2.86. The van der Waals surface area contributed by atoms with Gasteiger partial charge in [0.2, 0.25) is 0 Å². The summed E-state index contributed by atoms with van der Waals surface area (Å²) in [5.74, 6) is 0.879. The molecule has 0 spiro atoms. The quantitative estimate of drug-likeness (QED) is 0.800. The summed E-state index contributed by atoms with van der Waals surface area (Å²) >= 11 is 3.52. The van der Waals surface area contributed by atoms with Crippen LogP contribution >= 0.6 is 15.9 Å². The van der Waals surface area contributed by atoms with E-state index < -0.39 is 0 Å². The third-order valence-electron chi connectivity index (χ3n) is 4.16. The van der Waals surface area contributed by atoms with Crippen molar-refractivity contribution in [3.05, 3.63) is 34.3 Å². The molecule has 2 atom stereocenters. The first-order valence-corrected chi connectivity index (χ1v) is 8.69. The lowest BCUT2D eigenvalue weighted by molar-refractivity contribution is 0.302. The minimum Gasteiger partial charge on any atom is -0.310 e. The first-order chi connectivity index (χ1) is 9.69. The van der Waals surface area contributed by atoms with Gasteiger partial charge in [0.25, 0.3) is 0 Å². The van der Waals surface area contributed by atoms with Crippen LogP contribution in [0.2, 0.25) is 0 Å². The lowest BCUT2D eigenvalue weighted by Gasteiger charge is -2.23. The van der Waals surface area contributed by atoms with Gasteiger partial charge in [0.15, 0.2) is 0 Å². The maximum atomic E-state index is 3.70. The summed E-state index contributed by atoms with van der Waals surface area (Å²) < 4.78 is 1.16. The molecule has 1 aromatic carbocycles. The second-order valence-electron chi connectivity index (χ2n) is 6.04. The number of halogens is 1. The molecule has 2 unspecified atom stereocenters. The van der Waals surface area contributed by atoms with Gasteiger partial charge < -0.3 is 10.2 Å². The van der Waals surface area contributed by atoms with Crippen molar-refractivity contribution in [1.82, 2.24) is 10.2 Å². The van der Waals surface area contributed by atoms with E-state index in [-0.39, 0.29) is 0 Å². The van der Waals surface area contributed by atoms with Gasteiger partial charge in [-0.25, -0.2) is 0 Å². The van der Waals surface area contributed by atoms with Gasteiger partial charge in [-0.2, -0.15) is 0 Å². The lowest BCUT2D eigenvalue weighted by Crippen LogP contribution is -2.28. The second kappa shape index (κ2) is 8.16. The Morgan fingerprint density at radius 1 is 1.35 bits per heavy atom. The highest BCUT2D eigenvalue weighted by Crippen LogP contribution is 2.22. The highest BCUT2D eigenvalue weighted by Gasteiger charge is 2.20. The van der Waals surface area contributed by atoms with Gasteiger partial charge in [0, 0.05) is 17.1 Å². The molecule has 0 aliphatic carbocycles. The molecule has 1 N–H and O–H groups in total. The van der Waals surface area contributed by atoms with Gasteiger partial charge in [-0.3, -0.25) is 0 Å². The number of hydrogen-bond acceptors (Lipinski definition) is 2. The van der Waals surface area contributed by atoms with Crippen molar-refractivity contribution >= 4 is 15.9 Å². The Morgan fingerprint density at radius 2 is 2.10 bits per heavy atom. The molecular formula is C17H27BrN2.